The van der Waals surface area contributed by atoms with Gasteiger partial charge >= 0.3 is 0 Å². The summed E-state index contributed by atoms with van der Waals surface area (Å²) in [6.07, 6.45) is 3.70. The summed E-state index contributed by atoms with van der Waals surface area (Å²) < 4.78 is 0. The normalized spacial score (nSPS) is 18.1. The second-order valence-corrected chi connectivity index (χ2v) is 5.14. The van der Waals surface area contributed by atoms with Gasteiger partial charge < -0.3 is 11.1 Å². The van der Waals surface area contributed by atoms with Crippen LogP contribution in [0.1, 0.15) is 36.8 Å². The van der Waals surface area contributed by atoms with Crippen LogP contribution in [-0.4, -0.2) is 11.4 Å². The molecular formula is C14H20N2O. The topological polar surface area (TPSA) is 55.1 Å². The number of anilines is 1. The lowest BCUT2D eigenvalue weighted by Gasteiger charge is -2.23. The average molecular weight is 232 g/mol. The lowest BCUT2D eigenvalue weighted by molar-refractivity contribution is -0.121. The Hall–Kier alpha value is -1.35. The smallest absolute Gasteiger partial charge is 0.244 e. The van der Waals surface area contributed by atoms with Crippen molar-refractivity contribution in [3.8, 4) is 0 Å². The molecule has 1 saturated carbocycles. The van der Waals surface area contributed by atoms with E-state index < -0.39 is 5.54 Å². The lowest BCUT2D eigenvalue weighted by atomic mass is 9.97. The molecule has 0 saturated heterocycles. The maximum absolute atomic E-state index is 12.1. The van der Waals surface area contributed by atoms with Crippen LogP contribution in [0.2, 0.25) is 0 Å². The summed E-state index contributed by atoms with van der Waals surface area (Å²) >= 11 is 0. The molecule has 3 heteroatoms. The maximum Gasteiger partial charge on any atom is 0.244 e. The van der Waals surface area contributed by atoms with Crippen LogP contribution in [0.5, 0.6) is 0 Å². The Morgan fingerprint density at radius 2 is 1.94 bits per heavy atom. The highest BCUT2D eigenvalue weighted by atomic mass is 16.2. The molecule has 1 aromatic carbocycles. The fourth-order valence-corrected chi connectivity index (χ4v) is 2.43. The van der Waals surface area contributed by atoms with Crippen molar-refractivity contribution in [3.05, 3.63) is 29.3 Å². The van der Waals surface area contributed by atoms with Crippen molar-refractivity contribution in [2.24, 2.45) is 5.73 Å². The summed E-state index contributed by atoms with van der Waals surface area (Å²) in [6, 6.07) is 6.01. The van der Waals surface area contributed by atoms with Crippen molar-refractivity contribution in [3.63, 3.8) is 0 Å². The number of nitrogens with two attached hydrogens (primary N) is 1. The molecule has 1 amide bonds. The third-order valence-electron chi connectivity index (χ3n) is 3.58. The molecule has 2 rings (SSSR count). The Morgan fingerprint density at radius 1 is 1.29 bits per heavy atom. The van der Waals surface area contributed by atoms with Crippen LogP contribution in [0.4, 0.5) is 5.69 Å². The molecule has 0 aliphatic heterocycles. The first-order valence-electron chi connectivity index (χ1n) is 6.19. The molecule has 0 radical (unpaired) electrons. The van der Waals surface area contributed by atoms with Gasteiger partial charge in [-0.15, -0.1) is 0 Å². The molecule has 1 aliphatic rings. The molecule has 0 spiro atoms. The van der Waals surface area contributed by atoms with Crippen molar-refractivity contribution < 1.29 is 4.79 Å². The van der Waals surface area contributed by atoms with Gasteiger partial charge in [-0.2, -0.15) is 0 Å². The highest BCUT2D eigenvalue weighted by Gasteiger charge is 2.37. The Kier molecular flexibility index (Phi) is 3.20. The molecule has 17 heavy (non-hydrogen) atoms. The fraction of sp³-hybridized carbons (Fsp3) is 0.500. The number of benzene rings is 1. The highest BCUT2D eigenvalue weighted by molar-refractivity contribution is 5.98. The second kappa shape index (κ2) is 4.49. The summed E-state index contributed by atoms with van der Waals surface area (Å²) in [5, 5.41) is 2.96. The maximum atomic E-state index is 12.1. The van der Waals surface area contributed by atoms with Crippen molar-refractivity contribution in [2.45, 2.75) is 45.1 Å². The minimum absolute atomic E-state index is 0.0399. The summed E-state index contributed by atoms with van der Waals surface area (Å²) in [5.74, 6) is -0.0399. The van der Waals surface area contributed by atoms with E-state index in [9.17, 15) is 4.79 Å². The lowest BCUT2D eigenvalue weighted by Crippen LogP contribution is -2.48. The van der Waals surface area contributed by atoms with Gasteiger partial charge in [-0.1, -0.05) is 30.5 Å². The molecule has 0 heterocycles. The van der Waals surface area contributed by atoms with E-state index in [4.69, 9.17) is 5.73 Å². The van der Waals surface area contributed by atoms with Gasteiger partial charge in [0.15, 0.2) is 0 Å². The van der Waals surface area contributed by atoms with Crippen molar-refractivity contribution >= 4 is 11.6 Å². The van der Waals surface area contributed by atoms with Gasteiger partial charge in [0, 0.05) is 5.69 Å². The third kappa shape index (κ3) is 2.50. The van der Waals surface area contributed by atoms with E-state index in [1.165, 1.54) is 5.56 Å². The van der Waals surface area contributed by atoms with Crippen LogP contribution in [0.3, 0.4) is 0 Å². The number of aryl methyl sites for hydroxylation is 2. The summed E-state index contributed by atoms with van der Waals surface area (Å²) in [4.78, 5) is 12.1. The van der Waals surface area contributed by atoms with Gasteiger partial charge in [-0.25, -0.2) is 0 Å². The second-order valence-electron chi connectivity index (χ2n) is 5.14. The zero-order valence-electron chi connectivity index (χ0n) is 10.5. The van der Waals surface area contributed by atoms with E-state index in [1.54, 1.807) is 0 Å². The first-order chi connectivity index (χ1) is 8.01. The van der Waals surface area contributed by atoms with Crippen LogP contribution in [0.25, 0.3) is 0 Å². The first kappa shape index (κ1) is 12.1. The van der Waals surface area contributed by atoms with E-state index in [0.717, 1.165) is 36.9 Å². The average Bonchev–Trinajstić information content (AvgIpc) is 2.71. The Labute approximate surface area is 102 Å². The highest BCUT2D eigenvalue weighted by Crippen LogP contribution is 2.29. The number of hydrogen-bond acceptors (Lipinski definition) is 2. The van der Waals surface area contributed by atoms with Gasteiger partial charge in [0.25, 0.3) is 0 Å². The number of amides is 1. The van der Waals surface area contributed by atoms with Gasteiger partial charge in [0.2, 0.25) is 5.91 Å². The molecular weight excluding hydrogens is 212 g/mol. The minimum atomic E-state index is -0.655. The predicted molar refractivity (Wildman–Crippen MR) is 69.9 cm³/mol. The van der Waals surface area contributed by atoms with Gasteiger partial charge in [-0.3, -0.25) is 4.79 Å². The first-order valence-corrected chi connectivity index (χ1v) is 6.19. The van der Waals surface area contributed by atoms with Gasteiger partial charge in [0.05, 0.1) is 5.54 Å². The monoisotopic (exact) mass is 232 g/mol. The zero-order chi connectivity index (χ0) is 12.5. The molecule has 0 atom stereocenters. The summed E-state index contributed by atoms with van der Waals surface area (Å²) in [7, 11) is 0. The Balaban J connectivity index is 2.13. The van der Waals surface area contributed by atoms with Gasteiger partial charge in [0.1, 0.15) is 0 Å². The largest absolute Gasteiger partial charge is 0.324 e. The van der Waals surface area contributed by atoms with E-state index in [0.29, 0.717) is 0 Å². The third-order valence-corrected chi connectivity index (χ3v) is 3.58. The number of hydrogen-bond donors (Lipinski definition) is 2. The molecule has 1 fully saturated rings. The van der Waals surface area contributed by atoms with Gasteiger partial charge in [-0.05, 0) is 38.3 Å². The number of rotatable bonds is 2. The summed E-state index contributed by atoms with van der Waals surface area (Å²) in [5.41, 5.74) is 8.62. The van der Waals surface area contributed by atoms with Crippen molar-refractivity contribution in [2.75, 3.05) is 5.32 Å². The van der Waals surface area contributed by atoms with Crippen LogP contribution in [0, 0.1) is 13.8 Å². The Bertz CT molecular complexity index is 434. The van der Waals surface area contributed by atoms with Crippen molar-refractivity contribution in [1.82, 2.24) is 0 Å². The van der Waals surface area contributed by atoms with Crippen LogP contribution < -0.4 is 11.1 Å². The minimum Gasteiger partial charge on any atom is -0.324 e. The Morgan fingerprint density at radius 3 is 2.53 bits per heavy atom. The van der Waals surface area contributed by atoms with E-state index in [2.05, 4.69) is 11.4 Å². The SMILES string of the molecule is Cc1ccc(NC(=O)C2(N)CCCC2)c(C)c1. The molecule has 1 aliphatic carbocycles. The van der Waals surface area contributed by atoms with E-state index >= 15 is 0 Å². The predicted octanol–water partition coefficient (Wildman–Crippen LogP) is 2.51. The molecule has 3 N–H and O–H groups in total. The van der Waals surface area contributed by atoms with E-state index in [-0.39, 0.29) is 5.91 Å². The van der Waals surface area contributed by atoms with Crippen LogP contribution in [0.15, 0.2) is 18.2 Å². The number of carbonyl (C=O) groups excluding carboxylic acids is 1. The molecule has 0 bridgehead atoms. The summed E-state index contributed by atoms with van der Waals surface area (Å²) in [6.45, 7) is 4.04. The van der Waals surface area contributed by atoms with Crippen molar-refractivity contribution in [1.29, 1.82) is 0 Å². The van der Waals surface area contributed by atoms with E-state index in [1.807, 2.05) is 26.0 Å². The molecule has 1 aromatic rings. The molecule has 3 nitrogen and oxygen atoms in total. The number of nitrogens with one attached hydrogen (secondary N) is 1. The molecule has 92 valence electrons. The van der Waals surface area contributed by atoms with Crippen LogP contribution >= 0.6 is 0 Å². The standard InChI is InChI=1S/C14H20N2O/c1-10-5-6-12(11(2)9-10)16-13(17)14(15)7-3-4-8-14/h5-6,9H,3-4,7-8,15H2,1-2H3,(H,16,17). The molecule has 0 aromatic heterocycles. The zero-order valence-corrected chi connectivity index (χ0v) is 10.5. The number of carbonyl (C=O) groups is 1. The fourth-order valence-electron chi connectivity index (χ4n) is 2.43. The van der Waals surface area contributed by atoms with Crippen LogP contribution in [-0.2, 0) is 4.79 Å². The molecule has 0 unspecified atom stereocenters. The quantitative estimate of drug-likeness (QED) is 0.823.